The SMILES string of the molecule is Cc1cc(C(=O)NCCN2C(=O)CSC2=O)c2cc(F)ccc2n1. The molecule has 0 bridgehead atoms. The smallest absolute Gasteiger partial charge is 0.288 e. The molecule has 2 heterocycles. The number of nitrogens with zero attached hydrogens (tertiary/aromatic N) is 2. The van der Waals surface area contributed by atoms with E-state index in [-0.39, 0.29) is 30.0 Å². The van der Waals surface area contributed by atoms with E-state index in [0.717, 1.165) is 16.7 Å². The van der Waals surface area contributed by atoms with Gasteiger partial charge in [-0.2, -0.15) is 0 Å². The van der Waals surface area contributed by atoms with Crippen LogP contribution in [0.25, 0.3) is 10.9 Å². The number of imide groups is 1. The zero-order valence-corrected chi connectivity index (χ0v) is 13.7. The van der Waals surface area contributed by atoms with Gasteiger partial charge in [0.15, 0.2) is 0 Å². The number of pyridine rings is 1. The van der Waals surface area contributed by atoms with Gasteiger partial charge in [0.2, 0.25) is 5.91 Å². The van der Waals surface area contributed by atoms with Gasteiger partial charge in [-0.1, -0.05) is 11.8 Å². The number of carbonyl (C=O) groups is 3. The van der Waals surface area contributed by atoms with Crippen molar-refractivity contribution in [1.82, 2.24) is 15.2 Å². The van der Waals surface area contributed by atoms with Crippen LogP contribution < -0.4 is 5.32 Å². The van der Waals surface area contributed by atoms with E-state index in [4.69, 9.17) is 0 Å². The number of benzene rings is 1. The quantitative estimate of drug-likeness (QED) is 0.916. The fourth-order valence-electron chi connectivity index (χ4n) is 2.49. The highest BCUT2D eigenvalue weighted by atomic mass is 32.2. The van der Waals surface area contributed by atoms with Crippen molar-refractivity contribution in [3.05, 3.63) is 41.3 Å². The summed E-state index contributed by atoms with van der Waals surface area (Å²) in [6.07, 6.45) is 0. The number of carbonyl (C=O) groups excluding carboxylic acids is 3. The van der Waals surface area contributed by atoms with Gasteiger partial charge in [0.25, 0.3) is 11.1 Å². The summed E-state index contributed by atoms with van der Waals surface area (Å²) in [5, 5.41) is 2.78. The van der Waals surface area contributed by atoms with Gasteiger partial charge in [0.05, 0.1) is 16.8 Å². The standard InChI is InChI=1S/C16H14FN3O3S/c1-9-6-12(11-7-10(17)2-3-13(11)19-9)15(22)18-4-5-20-14(21)8-24-16(20)23/h2-3,6-7H,4-5,8H2,1H3,(H,18,22). The van der Waals surface area contributed by atoms with Crippen LogP contribution in [0.2, 0.25) is 0 Å². The highest BCUT2D eigenvalue weighted by Gasteiger charge is 2.29. The molecule has 3 amide bonds. The molecule has 1 fully saturated rings. The summed E-state index contributed by atoms with van der Waals surface area (Å²) in [6.45, 7) is 2.00. The molecule has 8 heteroatoms. The van der Waals surface area contributed by atoms with E-state index >= 15 is 0 Å². The number of fused-ring (bicyclic) bond motifs is 1. The largest absolute Gasteiger partial charge is 0.350 e. The van der Waals surface area contributed by atoms with Crippen LogP contribution in [-0.2, 0) is 4.79 Å². The average Bonchev–Trinajstić information content (AvgIpc) is 2.86. The van der Waals surface area contributed by atoms with E-state index in [9.17, 15) is 18.8 Å². The van der Waals surface area contributed by atoms with Gasteiger partial charge in [-0.3, -0.25) is 24.3 Å². The summed E-state index contributed by atoms with van der Waals surface area (Å²) in [7, 11) is 0. The van der Waals surface area contributed by atoms with E-state index in [2.05, 4.69) is 10.3 Å². The van der Waals surface area contributed by atoms with E-state index in [1.807, 2.05) is 0 Å². The second-order valence-electron chi connectivity index (χ2n) is 5.33. The number of thioether (sulfide) groups is 1. The molecule has 0 atom stereocenters. The molecule has 1 N–H and O–H groups in total. The molecular weight excluding hydrogens is 333 g/mol. The molecule has 0 radical (unpaired) electrons. The Morgan fingerprint density at radius 2 is 2.17 bits per heavy atom. The van der Waals surface area contributed by atoms with Crippen LogP contribution in [0, 0.1) is 12.7 Å². The fraction of sp³-hybridized carbons (Fsp3) is 0.250. The molecule has 1 saturated heterocycles. The summed E-state index contributed by atoms with van der Waals surface area (Å²) < 4.78 is 13.5. The van der Waals surface area contributed by atoms with Crippen LogP contribution in [-0.4, -0.2) is 45.8 Å². The first-order valence-corrected chi connectivity index (χ1v) is 8.26. The Balaban J connectivity index is 1.75. The minimum absolute atomic E-state index is 0.118. The summed E-state index contributed by atoms with van der Waals surface area (Å²) in [4.78, 5) is 40.8. The van der Waals surface area contributed by atoms with Gasteiger partial charge in [-0.05, 0) is 31.2 Å². The van der Waals surface area contributed by atoms with E-state index in [1.165, 1.54) is 18.2 Å². The van der Waals surface area contributed by atoms with Crippen LogP contribution in [0.15, 0.2) is 24.3 Å². The third kappa shape index (κ3) is 3.23. The normalized spacial score (nSPS) is 14.5. The van der Waals surface area contributed by atoms with Crippen molar-refractivity contribution >= 4 is 39.7 Å². The number of nitrogens with one attached hydrogen (secondary N) is 1. The first-order chi connectivity index (χ1) is 11.5. The number of rotatable bonds is 4. The Morgan fingerprint density at radius 3 is 2.88 bits per heavy atom. The highest BCUT2D eigenvalue weighted by molar-refractivity contribution is 8.14. The first kappa shape index (κ1) is 16.4. The van der Waals surface area contributed by atoms with Gasteiger partial charge in [-0.15, -0.1) is 0 Å². The van der Waals surface area contributed by atoms with E-state index in [1.54, 1.807) is 13.0 Å². The van der Waals surface area contributed by atoms with Gasteiger partial charge < -0.3 is 5.32 Å². The molecular formula is C16H14FN3O3S. The van der Waals surface area contributed by atoms with Crippen molar-refractivity contribution in [2.75, 3.05) is 18.8 Å². The van der Waals surface area contributed by atoms with Crippen molar-refractivity contribution in [2.24, 2.45) is 0 Å². The number of hydrogen-bond acceptors (Lipinski definition) is 5. The van der Waals surface area contributed by atoms with Gasteiger partial charge >= 0.3 is 0 Å². The van der Waals surface area contributed by atoms with Crippen molar-refractivity contribution < 1.29 is 18.8 Å². The molecule has 1 aliphatic rings. The van der Waals surface area contributed by atoms with Gasteiger partial charge in [0, 0.05) is 24.2 Å². The third-order valence-corrected chi connectivity index (χ3v) is 4.46. The van der Waals surface area contributed by atoms with Gasteiger partial charge in [-0.25, -0.2) is 4.39 Å². The minimum Gasteiger partial charge on any atom is -0.350 e. The molecule has 1 aliphatic heterocycles. The van der Waals surface area contributed by atoms with Gasteiger partial charge in [0.1, 0.15) is 5.82 Å². The van der Waals surface area contributed by atoms with Crippen molar-refractivity contribution in [2.45, 2.75) is 6.92 Å². The Morgan fingerprint density at radius 1 is 1.38 bits per heavy atom. The zero-order valence-electron chi connectivity index (χ0n) is 12.8. The Bertz CT molecular complexity index is 840. The average molecular weight is 347 g/mol. The topological polar surface area (TPSA) is 79.4 Å². The summed E-state index contributed by atoms with van der Waals surface area (Å²) in [5.41, 5.74) is 1.48. The lowest BCUT2D eigenvalue weighted by Gasteiger charge is -2.14. The van der Waals surface area contributed by atoms with E-state index < -0.39 is 11.7 Å². The maximum Gasteiger partial charge on any atom is 0.288 e. The molecule has 0 unspecified atom stereocenters. The predicted molar refractivity (Wildman–Crippen MR) is 88.3 cm³/mol. The third-order valence-electron chi connectivity index (χ3n) is 3.60. The first-order valence-electron chi connectivity index (χ1n) is 7.28. The van der Waals surface area contributed by atoms with Crippen molar-refractivity contribution in [1.29, 1.82) is 0 Å². The van der Waals surface area contributed by atoms with Crippen LogP contribution >= 0.6 is 11.8 Å². The lowest BCUT2D eigenvalue weighted by Crippen LogP contribution is -2.37. The van der Waals surface area contributed by atoms with Crippen LogP contribution in [0.4, 0.5) is 9.18 Å². The predicted octanol–water partition coefficient (Wildman–Crippen LogP) is 2.11. The van der Waals surface area contributed by atoms with E-state index in [0.29, 0.717) is 22.2 Å². The molecule has 0 aliphatic carbocycles. The number of halogens is 1. The number of aromatic nitrogens is 1. The molecule has 2 aromatic rings. The van der Waals surface area contributed by atoms with Crippen LogP contribution in [0.5, 0.6) is 0 Å². The summed E-state index contributed by atoms with van der Waals surface area (Å²) in [6, 6.07) is 5.66. The Labute approximate surface area is 141 Å². The number of aryl methyl sites for hydroxylation is 1. The molecule has 0 saturated carbocycles. The molecule has 24 heavy (non-hydrogen) atoms. The lowest BCUT2D eigenvalue weighted by atomic mass is 10.1. The maximum atomic E-state index is 13.5. The fourth-order valence-corrected chi connectivity index (χ4v) is 3.24. The lowest BCUT2D eigenvalue weighted by molar-refractivity contribution is -0.124. The van der Waals surface area contributed by atoms with Crippen molar-refractivity contribution in [3.8, 4) is 0 Å². The molecule has 1 aromatic heterocycles. The maximum absolute atomic E-state index is 13.5. The molecule has 1 aromatic carbocycles. The minimum atomic E-state index is -0.451. The number of hydrogen-bond donors (Lipinski definition) is 1. The Kier molecular flexibility index (Phi) is 4.48. The monoisotopic (exact) mass is 347 g/mol. The molecule has 3 rings (SSSR count). The summed E-state index contributed by atoms with van der Waals surface area (Å²) >= 11 is 0.949. The number of amides is 3. The molecule has 0 spiro atoms. The molecule has 6 nitrogen and oxygen atoms in total. The highest BCUT2D eigenvalue weighted by Crippen LogP contribution is 2.20. The van der Waals surface area contributed by atoms with Crippen LogP contribution in [0.3, 0.4) is 0 Å². The second-order valence-corrected chi connectivity index (χ2v) is 6.26. The van der Waals surface area contributed by atoms with Crippen molar-refractivity contribution in [3.63, 3.8) is 0 Å². The second kappa shape index (κ2) is 6.56. The van der Waals surface area contributed by atoms with Crippen LogP contribution in [0.1, 0.15) is 16.1 Å². The summed E-state index contributed by atoms with van der Waals surface area (Å²) in [5.74, 6) is -0.970. The Hall–Kier alpha value is -2.48. The molecule has 124 valence electrons. The zero-order chi connectivity index (χ0) is 17.3.